The molecular formula is C29H39F2N3O5. The van der Waals surface area contributed by atoms with E-state index in [4.69, 9.17) is 10.5 Å². The van der Waals surface area contributed by atoms with Crippen molar-refractivity contribution in [1.29, 1.82) is 0 Å². The summed E-state index contributed by atoms with van der Waals surface area (Å²) in [7, 11) is 0. The van der Waals surface area contributed by atoms with Crippen molar-refractivity contribution in [3.63, 3.8) is 0 Å². The molecule has 3 unspecified atom stereocenters. The first kappa shape index (κ1) is 31.8. The maximum atomic E-state index is 14.7. The zero-order valence-corrected chi connectivity index (χ0v) is 22.8. The van der Waals surface area contributed by atoms with Crippen LogP contribution < -0.4 is 11.1 Å². The standard InChI is InChI=1S/C29H39F2N3O5/c1-19(2)15-23(25(35)29(30,31)18-32)34(28(38)39-17-22-13-9-6-10-14-22)27(37)24(20(3)4)26(36)33-16-21-11-7-5-8-12-21/h5-14,19-20,23-25,35H,15-18,32H2,1-4H3,(H,33,36). The van der Waals surface area contributed by atoms with Crippen molar-refractivity contribution in [3.8, 4) is 0 Å². The summed E-state index contributed by atoms with van der Waals surface area (Å²) in [4.78, 5) is 41.0. The number of nitrogens with two attached hydrogens (primary N) is 1. The van der Waals surface area contributed by atoms with Crippen LogP contribution in [0.5, 0.6) is 0 Å². The molecule has 0 spiro atoms. The fourth-order valence-corrected chi connectivity index (χ4v) is 4.18. The lowest BCUT2D eigenvalue weighted by atomic mass is 9.89. The Hall–Kier alpha value is -3.37. The number of imide groups is 1. The van der Waals surface area contributed by atoms with E-state index in [1.165, 1.54) is 0 Å². The molecule has 0 saturated carbocycles. The van der Waals surface area contributed by atoms with E-state index in [0.29, 0.717) is 10.5 Å². The van der Waals surface area contributed by atoms with Gasteiger partial charge in [-0.3, -0.25) is 9.59 Å². The van der Waals surface area contributed by atoms with Gasteiger partial charge in [-0.15, -0.1) is 0 Å². The van der Waals surface area contributed by atoms with E-state index in [0.717, 1.165) is 5.56 Å². The molecule has 4 N–H and O–H groups in total. The summed E-state index contributed by atoms with van der Waals surface area (Å²) in [6.45, 7) is 5.30. The minimum absolute atomic E-state index is 0.123. The number of carbonyl (C=O) groups is 3. The summed E-state index contributed by atoms with van der Waals surface area (Å²) in [5, 5.41) is 13.4. The average Bonchev–Trinajstić information content (AvgIpc) is 2.90. The van der Waals surface area contributed by atoms with Crippen molar-refractivity contribution in [2.75, 3.05) is 6.54 Å². The van der Waals surface area contributed by atoms with Gasteiger partial charge in [-0.05, 0) is 29.4 Å². The Labute approximate surface area is 228 Å². The predicted molar refractivity (Wildman–Crippen MR) is 143 cm³/mol. The van der Waals surface area contributed by atoms with Gasteiger partial charge in [0.2, 0.25) is 11.8 Å². The number of nitrogens with zero attached hydrogens (tertiary/aromatic N) is 1. The third kappa shape index (κ3) is 9.11. The molecule has 2 aromatic carbocycles. The molecule has 2 aromatic rings. The Kier molecular flexibility index (Phi) is 12.0. The molecule has 3 amide bonds. The van der Waals surface area contributed by atoms with Gasteiger partial charge >= 0.3 is 6.09 Å². The first-order valence-corrected chi connectivity index (χ1v) is 13.0. The number of hydrogen-bond acceptors (Lipinski definition) is 6. The molecule has 8 nitrogen and oxygen atoms in total. The van der Waals surface area contributed by atoms with Crippen LogP contribution in [-0.2, 0) is 27.5 Å². The van der Waals surface area contributed by atoms with Gasteiger partial charge in [0, 0.05) is 6.54 Å². The van der Waals surface area contributed by atoms with Crippen LogP contribution in [0.1, 0.15) is 45.2 Å². The zero-order chi connectivity index (χ0) is 29.2. The van der Waals surface area contributed by atoms with Gasteiger partial charge in [0.1, 0.15) is 18.6 Å². The van der Waals surface area contributed by atoms with E-state index >= 15 is 0 Å². The first-order chi connectivity index (χ1) is 18.4. The second-order valence-electron chi connectivity index (χ2n) is 10.3. The molecule has 0 saturated heterocycles. The van der Waals surface area contributed by atoms with Crippen LogP contribution in [0.3, 0.4) is 0 Å². The number of halogens is 2. The van der Waals surface area contributed by atoms with Gasteiger partial charge in [0.05, 0.1) is 12.6 Å². The lowest BCUT2D eigenvalue weighted by Crippen LogP contribution is -2.60. The quantitative estimate of drug-likeness (QED) is 0.325. The molecule has 0 aliphatic rings. The van der Waals surface area contributed by atoms with Crippen molar-refractivity contribution in [2.24, 2.45) is 23.5 Å². The van der Waals surface area contributed by atoms with Crippen LogP contribution in [0.2, 0.25) is 0 Å². The third-order valence-corrected chi connectivity index (χ3v) is 6.28. The highest BCUT2D eigenvalue weighted by atomic mass is 19.3. The maximum Gasteiger partial charge on any atom is 0.417 e. The lowest BCUT2D eigenvalue weighted by molar-refractivity contribution is -0.157. The third-order valence-electron chi connectivity index (χ3n) is 6.28. The Bertz CT molecular complexity index is 1070. The number of carbonyl (C=O) groups excluding carboxylic acids is 3. The topological polar surface area (TPSA) is 122 Å². The van der Waals surface area contributed by atoms with Crippen LogP contribution in [-0.4, -0.2) is 52.5 Å². The number of rotatable bonds is 13. The summed E-state index contributed by atoms with van der Waals surface area (Å²) >= 11 is 0. The molecule has 0 aliphatic heterocycles. The number of nitrogens with one attached hydrogen (secondary N) is 1. The second kappa shape index (κ2) is 14.7. The monoisotopic (exact) mass is 547 g/mol. The molecule has 0 heterocycles. The van der Waals surface area contributed by atoms with Crippen molar-refractivity contribution < 1.29 is 33.0 Å². The fraction of sp³-hybridized carbons (Fsp3) is 0.483. The van der Waals surface area contributed by atoms with Gasteiger partial charge in [-0.2, -0.15) is 0 Å². The van der Waals surface area contributed by atoms with Crippen molar-refractivity contribution in [3.05, 3.63) is 71.8 Å². The smallest absolute Gasteiger partial charge is 0.417 e. The fourth-order valence-electron chi connectivity index (χ4n) is 4.18. The number of benzene rings is 2. The summed E-state index contributed by atoms with van der Waals surface area (Å²) in [5.74, 6) is -7.84. The zero-order valence-electron chi connectivity index (χ0n) is 22.8. The van der Waals surface area contributed by atoms with Crippen LogP contribution >= 0.6 is 0 Å². The SMILES string of the molecule is CC(C)CC(C(O)C(F)(F)CN)N(C(=O)OCc1ccccc1)C(=O)C(C(=O)NCc1ccccc1)C(C)C. The van der Waals surface area contributed by atoms with Gasteiger partial charge in [-0.1, -0.05) is 88.4 Å². The molecule has 0 aliphatic carbocycles. The average molecular weight is 548 g/mol. The highest BCUT2D eigenvalue weighted by molar-refractivity contribution is 6.05. The van der Waals surface area contributed by atoms with Crippen LogP contribution in [0.25, 0.3) is 0 Å². The summed E-state index contributed by atoms with van der Waals surface area (Å²) in [6, 6.07) is 15.9. The molecule has 3 atom stereocenters. The molecule has 214 valence electrons. The van der Waals surface area contributed by atoms with E-state index in [2.05, 4.69) is 5.32 Å². The largest absolute Gasteiger partial charge is 0.444 e. The number of aliphatic hydroxyl groups excluding tert-OH is 1. The minimum Gasteiger partial charge on any atom is -0.444 e. The Morgan fingerprint density at radius 1 is 0.974 bits per heavy atom. The normalized spacial score (nSPS) is 14.0. The second-order valence-corrected chi connectivity index (χ2v) is 10.3. The molecule has 0 aromatic heterocycles. The number of hydrogen-bond donors (Lipinski definition) is 3. The summed E-state index contributed by atoms with van der Waals surface area (Å²) < 4.78 is 34.7. The van der Waals surface area contributed by atoms with Crippen molar-refractivity contribution in [2.45, 2.75) is 65.3 Å². The highest BCUT2D eigenvalue weighted by Gasteiger charge is 2.49. The molecule has 2 rings (SSSR count). The molecule has 39 heavy (non-hydrogen) atoms. The Balaban J connectivity index is 2.45. The van der Waals surface area contributed by atoms with Crippen LogP contribution in [0.4, 0.5) is 13.6 Å². The van der Waals surface area contributed by atoms with Gasteiger partial charge in [0.15, 0.2) is 0 Å². The van der Waals surface area contributed by atoms with Gasteiger partial charge in [0.25, 0.3) is 5.92 Å². The lowest BCUT2D eigenvalue weighted by Gasteiger charge is -2.38. The number of aliphatic hydroxyl groups is 1. The number of alkyl halides is 2. The predicted octanol–water partition coefficient (Wildman–Crippen LogP) is 4.11. The van der Waals surface area contributed by atoms with E-state index < -0.39 is 54.4 Å². The molecule has 0 radical (unpaired) electrons. The number of ether oxygens (including phenoxy) is 1. The minimum atomic E-state index is -3.80. The van der Waals surface area contributed by atoms with E-state index in [9.17, 15) is 28.3 Å². The maximum absolute atomic E-state index is 14.7. The molecule has 0 bridgehead atoms. The van der Waals surface area contributed by atoms with Crippen molar-refractivity contribution >= 4 is 17.9 Å². The van der Waals surface area contributed by atoms with Crippen LogP contribution in [0, 0.1) is 17.8 Å². The summed E-state index contributed by atoms with van der Waals surface area (Å²) in [5.41, 5.74) is 6.61. The van der Waals surface area contributed by atoms with E-state index in [-0.39, 0.29) is 25.5 Å². The first-order valence-electron chi connectivity index (χ1n) is 13.0. The summed E-state index contributed by atoms with van der Waals surface area (Å²) in [6.07, 6.45) is -3.87. The molecule has 0 fully saturated rings. The Morgan fingerprint density at radius 3 is 2.00 bits per heavy atom. The van der Waals surface area contributed by atoms with Crippen LogP contribution in [0.15, 0.2) is 60.7 Å². The van der Waals surface area contributed by atoms with E-state index in [1.54, 1.807) is 82.3 Å². The number of amides is 3. The molecule has 10 heteroatoms. The highest BCUT2D eigenvalue weighted by Crippen LogP contribution is 2.29. The van der Waals surface area contributed by atoms with E-state index in [1.807, 2.05) is 6.07 Å². The molecular weight excluding hydrogens is 508 g/mol. The van der Waals surface area contributed by atoms with Gasteiger partial charge < -0.3 is 20.9 Å². The Morgan fingerprint density at radius 2 is 1.51 bits per heavy atom. The van der Waals surface area contributed by atoms with Crippen molar-refractivity contribution in [1.82, 2.24) is 10.2 Å². The van der Waals surface area contributed by atoms with Gasteiger partial charge in [-0.25, -0.2) is 18.5 Å².